The fraction of sp³-hybridized carbons (Fsp3) is 0.263. The number of amides is 2. The maximum Gasteiger partial charge on any atom is 0.414 e. The van der Waals surface area contributed by atoms with Gasteiger partial charge in [-0.3, -0.25) is 9.69 Å². The van der Waals surface area contributed by atoms with Gasteiger partial charge in [0.05, 0.1) is 18.8 Å². The van der Waals surface area contributed by atoms with Gasteiger partial charge in [0.25, 0.3) is 0 Å². The van der Waals surface area contributed by atoms with Crippen LogP contribution in [0.5, 0.6) is 0 Å². The summed E-state index contributed by atoms with van der Waals surface area (Å²) in [7, 11) is 0. The number of carbonyl (C=O) groups is 2. The zero-order valence-electron chi connectivity index (χ0n) is 14.6. The standard InChI is InChI=1S/C19H18FN3O4/c1-12(24)21-10-16-11-23(19(25)27-16)15-6-7-17(18(20)8-15)14-4-2-13(3-5-14)9-22-26/h2-8,16H,9-11H2,1H3,(H,21,24)/t16-/m0/s1. The molecule has 7 nitrogen and oxygen atoms in total. The minimum Gasteiger partial charge on any atom is -0.442 e. The Morgan fingerprint density at radius 1 is 1.30 bits per heavy atom. The van der Waals surface area contributed by atoms with Crippen LogP contribution in [0.3, 0.4) is 0 Å². The van der Waals surface area contributed by atoms with Crippen LogP contribution in [0.15, 0.2) is 47.6 Å². The Morgan fingerprint density at radius 3 is 2.67 bits per heavy atom. The molecule has 0 spiro atoms. The van der Waals surface area contributed by atoms with Crippen molar-refractivity contribution < 1.29 is 18.7 Å². The Balaban J connectivity index is 1.75. The molecule has 0 radical (unpaired) electrons. The zero-order chi connectivity index (χ0) is 19.4. The summed E-state index contributed by atoms with van der Waals surface area (Å²) in [6.07, 6.45) is -1.06. The van der Waals surface area contributed by atoms with Gasteiger partial charge in [0.15, 0.2) is 0 Å². The maximum absolute atomic E-state index is 14.6. The van der Waals surface area contributed by atoms with E-state index in [0.717, 1.165) is 5.56 Å². The summed E-state index contributed by atoms with van der Waals surface area (Å²) in [5, 5.41) is 5.41. The predicted octanol–water partition coefficient (Wildman–Crippen LogP) is 3.22. The molecule has 0 aliphatic carbocycles. The van der Waals surface area contributed by atoms with E-state index in [9.17, 15) is 18.9 Å². The lowest BCUT2D eigenvalue weighted by Crippen LogP contribution is -2.33. The summed E-state index contributed by atoms with van der Waals surface area (Å²) in [6.45, 7) is 1.88. The van der Waals surface area contributed by atoms with Crippen molar-refractivity contribution in [2.45, 2.75) is 19.6 Å². The lowest BCUT2D eigenvalue weighted by atomic mass is 10.0. The van der Waals surface area contributed by atoms with Gasteiger partial charge in [-0.05, 0) is 29.3 Å². The fourth-order valence-electron chi connectivity index (χ4n) is 2.87. The number of rotatable bonds is 6. The largest absolute Gasteiger partial charge is 0.442 e. The molecule has 1 N–H and O–H groups in total. The molecule has 2 amide bonds. The second kappa shape index (κ2) is 7.94. The molecule has 1 aliphatic heterocycles. The zero-order valence-corrected chi connectivity index (χ0v) is 14.6. The van der Waals surface area contributed by atoms with E-state index in [-0.39, 0.29) is 25.5 Å². The summed E-state index contributed by atoms with van der Waals surface area (Å²) >= 11 is 0. The molecule has 0 unspecified atom stereocenters. The van der Waals surface area contributed by atoms with Crippen LogP contribution < -0.4 is 10.2 Å². The molecule has 0 aromatic heterocycles. The second-order valence-corrected chi connectivity index (χ2v) is 6.20. The van der Waals surface area contributed by atoms with Crippen molar-refractivity contribution in [3.63, 3.8) is 0 Å². The van der Waals surface area contributed by atoms with E-state index in [2.05, 4.69) is 10.5 Å². The van der Waals surface area contributed by atoms with E-state index in [0.29, 0.717) is 16.8 Å². The Morgan fingerprint density at radius 2 is 2.04 bits per heavy atom. The highest BCUT2D eigenvalue weighted by atomic mass is 19.1. The average molecular weight is 371 g/mol. The highest BCUT2D eigenvalue weighted by Crippen LogP contribution is 2.29. The number of ether oxygens (including phenoxy) is 1. The Hall–Kier alpha value is -3.29. The number of hydrogen-bond acceptors (Lipinski definition) is 5. The molecule has 1 aliphatic rings. The smallest absolute Gasteiger partial charge is 0.414 e. The predicted molar refractivity (Wildman–Crippen MR) is 97.6 cm³/mol. The van der Waals surface area contributed by atoms with Crippen LogP contribution in [-0.2, 0) is 16.1 Å². The third-order valence-corrected chi connectivity index (χ3v) is 4.23. The minimum atomic E-state index is -0.580. The maximum atomic E-state index is 14.6. The van der Waals surface area contributed by atoms with Gasteiger partial charge in [-0.2, -0.15) is 4.91 Å². The van der Waals surface area contributed by atoms with Gasteiger partial charge < -0.3 is 10.1 Å². The summed E-state index contributed by atoms with van der Waals surface area (Å²) in [4.78, 5) is 34.6. The van der Waals surface area contributed by atoms with Crippen molar-refractivity contribution in [1.82, 2.24) is 5.32 Å². The van der Waals surface area contributed by atoms with Gasteiger partial charge in [0.1, 0.15) is 18.5 Å². The van der Waals surface area contributed by atoms with E-state index in [1.165, 1.54) is 17.9 Å². The summed E-state index contributed by atoms with van der Waals surface area (Å²) < 4.78 is 19.8. The van der Waals surface area contributed by atoms with E-state index >= 15 is 0 Å². The molecule has 1 heterocycles. The van der Waals surface area contributed by atoms with E-state index in [4.69, 9.17) is 4.74 Å². The van der Waals surface area contributed by atoms with Crippen LogP contribution in [0.25, 0.3) is 11.1 Å². The molecule has 3 rings (SSSR count). The number of nitroso groups, excluding NO2 is 1. The Kier molecular flexibility index (Phi) is 5.44. The third kappa shape index (κ3) is 4.28. The first kappa shape index (κ1) is 18.5. The number of benzene rings is 2. The van der Waals surface area contributed by atoms with Gasteiger partial charge in [-0.1, -0.05) is 29.4 Å². The van der Waals surface area contributed by atoms with Crippen molar-refractivity contribution in [3.8, 4) is 11.1 Å². The number of carbonyl (C=O) groups excluding carboxylic acids is 2. The molecule has 2 aromatic carbocycles. The lowest BCUT2D eigenvalue weighted by Gasteiger charge is -2.14. The average Bonchev–Trinajstić information content (AvgIpc) is 3.02. The lowest BCUT2D eigenvalue weighted by molar-refractivity contribution is -0.119. The molecule has 140 valence electrons. The molecule has 1 saturated heterocycles. The minimum absolute atomic E-state index is 0.0679. The van der Waals surface area contributed by atoms with Crippen molar-refractivity contribution in [2.75, 3.05) is 18.0 Å². The van der Waals surface area contributed by atoms with Gasteiger partial charge in [-0.15, -0.1) is 0 Å². The van der Waals surface area contributed by atoms with Crippen molar-refractivity contribution in [3.05, 3.63) is 58.8 Å². The molecule has 2 aromatic rings. The molecular weight excluding hydrogens is 353 g/mol. The van der Waals surface area contributed by atoms with E-state index in [1.807, 2.05) is 0 Å². The summed E-state index contributed by atoms with van der Waals surface area (Å²) in [6, 6.07) is 11.4. The van der Waals surface area contributed by atoms with Gasteiger partial charge >= 0.3 is 6.09 Å². The number of hydrogen-bond donors (Lipinski definition) is 1. The van der Waals surface area contributed by atoms with Crippen LogP contribution in [0, 0.1) is 10.7 Å². The molecule has 27 heavy (non-hydrogen) atoms. The Bertz CT molecular complexity index is 870. The van der Waals surface area contributed by atoms with Gasteiger partial charge in [0, 0.05) is 12.5 Å². The van der Waals surface area contributed by atoms with Crippen LogP contribution >= 0.6 is 0 Å². The highest BCUT2D eigenvalue weighted by molar-refractivity contribution is 5.90. The van der Waals surface area contributed by atoms with Crippen LogP contribution in [0.2, 0.25) is 0 Å². The SMILES string of the molecule is CC(=O)NC[C@H]1CN(c2ccc(-c3ccc(CN=O)cc3)c(F)c2)C(=O)O1. The first-order valence-electron chi connectivity index (χ1n) is 8.38. The number of nitrogens with zero attached hydrogens (tertiary/aromatic N) is 2. The topological polar surface area (TPSA) is 88.1 Å². The molecule has 1 fully saturated rings. The van der Waals surface area contributed by atoms with E-state index < -0.39 is 18.0 Å². The number of cyclic esters (lactones) is 1. The number of nitrogens with one attached hydrogen (secondary N) is 1. The molecule has 0 saturated carbocycles. The van der Waals surface area contributed by atoms with Crippen molar-refractivity contribution in [2.24, 2.45) is 5.18 Å². The Labute approximate surface area is 155 Å². The first-order chi connectivity index (χ1) is 13.0. The number of halogens is 1. The van der Waals surface area contributed by atoms with Crippen LogP contribution in [0.4, 0.5) is 14.9 Å². The molecule has 1 atom stereocenters. The normalized spacial score (nSPS) is 16.1. The van der Waals surface area contributed by atoms with E-state index in [1.54, 1.807) is 36.4 Å². The quantitative estimate of drug-likeness (QED) is 0.790. The fourth-order valence-corrected chi connectivity index (χ4v) is 2.87. The highest BCUT2D eigenvalue weighted by Gasteiger charge is 2.32. The first-order valence-corrected chi connectivity index (χ1v) is 8.38. The van der Waals surface area contributed by atoms with Gasteiger partial charge in [0.2, 0.25) is 5.91 Å². The third-order valence-electron chi connectivity index (χ3n) is 4.23. The van der Waals surface area contributed by atoms with Crippen molar-refractivity contribution >= 4 is 17.7 Å². The molecular formula is C19H18FN3O4. The second-order valence-electron chi connectivity index (χ2n) is 6.20. The van der Waals surface area contributed by atoms with Gasteiger partial charge in [-0.25, -0.2) is 9.18 Å². The van der Waals surface area contributed by atoms with Crippen LogP contribution in [0.1, 0.15) is 12.5 Å². The monoisotopic (exact) mass is 371 g/mol. The van der Waals surface area contributed by atoms with Crippen LogP contribution in [-0.4, -0.2) is 31.2 Å². The number of anilines is 1. The summed E-state index contributed by atoms with van der Waals surface area (Å²) in [5.41, 5.74) is 2.16. The molecule has 8 heteroatoms. The summed E-state index contributed by atoms with van der Waals surface area (Å²) in [5.74, 6) is -0.693. The molecule has 0 bridgehead atoms. The van der Waals surface area contributed by atoms with Crippen molar-refractivity contribution in [1.29, 1.82) is 0 Å².